The van der Waals surface area contributed by atoms with Gasteiger partial charge in [0.25, 0.3) is 0 Å². The predicted octanol–water partition coefficient (Wildman–Crippen LogP) is 8.78. The number of hydrogen-bond donors (Lipinski definition) is 0. The highest BCUT2D eigenvalue weighted by molar-refractivity contribution is 5.66. The molecular formula is C29H30F4O. The molecule has 1 aliphatic rings. The number of hydrogen-bond acceptors (Lipinski definition) is 1. The summed E-state index contributed by atoms with van der Waals surface area (Å²) in [6, 6.07) is 14.9. The summed E-state index contributed by atoms with van der Waals surface area (Å²) < 4.78 is 63.4. The minimum Gasteiger partial charge on any atom is -0.488 e. The fraction of sp³-hybridized carbons (Fsp3) is 0.379. The van der Waals surface area contributed by atoms with Crippen LogP contribution < -0.4 is 4.74 Å². The van der Waals surface area contributed by atoms with Gasteiger partial charge in [-0.2, -0.15) is 0 Å². The molecule has 1 unspecified atom stereocenters. The van der Waals surface area contributed by atoms with E-state index in [-0.39, 0.29) is 18.1 Å². The van der Waals surface area contributed by atoms with Gasteiger partial charge >= 0.3 is 0 Å². The zero-order chi connectivity index (χ0) is 24.2. The van der Waals surface area contributed by atoms with Gasteiger partial charge in [-0.1, -0.05) is 37.3 Å². The van der Waals surface area contributed by atoms with Crippen LogP contribution >= 0.6 is 0 Å². The molecular weight excluding hydrogens is 440 g/mol. The Morgan fingerprint density at radius 2 is 1.41 bits per heavy atom. The van der Waals surface area contributed by atoms with Crippen molar-refractivity contribution in [2.24, 2.45) is 5.92 Å². The van der Waals surface area contributed by atoms with Crippen molar-refractivity contribution in [3.05, 3.63) is 89.0 Å². The largest absolute Gasteiger partial charge is 0.488 e. The van der Waals surface area contributed by atoms with Gasteiger partial charge in [0.15, 0.2) is 17.4 Å². The highest BCUT2D eigenvalue weighted by Gasteiger charge is 2.26. The van der Waals surface area contributed by atoms with Gasteiger partial charge in [-0.15, -0.1) is 0 Å². The Bertz CT molecular complexity index is 1070. The lowest BCUT2D eigenvalue weighted by Crippen LogP contribution is -2.15. The van der Waals surface area contributed by atoms with E-state index in [4.69, 9.17) is 4.74 Å². The van der Waals surface area contributed by atoms with Crippen LogP contribution in [-0.2, 0) is 0 Å². The molecule has 0 amide bonds. The highest BCUT2D eigenvalue weighted by Crippen LogP contribution is 2.41. The maximum absolute atomic E-state index is 15.0. The van der Waals surface area contributed by atoms with Crippen molar-refractivity contribution < 1.29 is 22.3 Å². The Hall–Kier alpha value is -2.82. The van der Waals surface area contributed by atoms with Crippen LogP contribution in [-0.4, -0.2) is 6.61 Å². The van der Waals surface area contributed by atoms with Gasteiger partial charge in [-0.05, 0) is 97.7 Å². The number of ether oxygens (including phenoxy) is 1. The summed E-state index contributed by atoms with van der Waals surface area (Å²) in [5.41, 5.74) is 1.35. The molecule has 0 spiro atoms. The van der Waals surface area contributed by atoms with E-state index in [0.29, 0.717) is 17.4 Å². The predicted molar refractivity (Wildman–Crippen MR) is 127 cm³/mol. The lowest BCUT2D eigenvalue weighted by molar-refractivity contribution is 0.296. The number of rotatable bonds is 7. The lowest BCUT2D eigenvalue weighted by Gasteiger charge is -2.30. The van der Waals surface area contributed by atoms with Gasteiger partial charge in [0.2, 0.25) is 0 Å². The van der Waals surface area contributed by atoms with Crippen molar-refractivity contribution in [2.45, 2.75) is 57.8 Å². The topological polar surface area (TPSA) is 9.23 Å². The molecule has 0 bridgehead atoms. The molecule has 0 aromatic heterocycles. The summed E-state index contributed by atoms with van der Waals surface area (Å²) in [6.07, 6.45) is 4.88. The van der Waals surface area contributed by atoms with E-state index in [1.54, 1.807) is 6.92 Å². The second kappa shape index (κ2) is 10.6. The summed E-state index contributed by atoms with van der Waals surface area (Å²) in [4.78, 5) is 0. The lowest BCUT2D eigenvalue weighted by atomic mass is 9.75. The maximum Gasteiger partial charge on any atom is 0.190 e. The van der Waals surface area contributed by atoms with Crippen LogP contribution in [0.4, 0.5) is 17.6 Å². The zero-order valence-electron chi connectivity index (χ0n) is 19.6. The Morgan fingerprint density at radius 3 is 1.97 bits per heavy atom. The van der Waals surface area contributed by atoms with Gasteiger partial charge in [-0.25, -0.2) is 17.6 Å². The van der Waals surface area contributed by atoms with Crippen LogP contribution in [0.5, 0.6) is 5.75 Å². The molecule has 4 rings (SSSR count). The Morgan fingerprint density at radius 1 is 0.824 bits per heavy atom. The van der Waals surface area contributed by atoms with E-state index in [1.807, 2.05) is 6.07 Å². The summed E-state index contributed by atoms with van der Waals surface area (Å²) in [5.74, 6) is -2.97. The average molecular weight is 471 g/mol. The van der Waals surface area contributed by atoms with E-state index < -0.39 is 34.6 Å². The molecule has 0 radical (unpaired) electrons. The first-order valence-electron chi connectivity index (χ1n) is 12.0. The molecule has 0 aliphatic heterocycles. The molecule has 5 heteroatoms. The normalized spacial score (nSPS) is 19.1. The van der Waals surface area contributed by atoms with E-state index in [1.165, 1.54) is 17.7 Å². The first-order chi connectivity index (χ1) is 16.4. The van der Waals surface area contributed by atoms with Crippen molar-refractivity contribution in [3.8, 4) is 16.9 Å². The molecule has 0 N–H and O–H groups in total. The fourth-order valence-corrected chi connectivity index (χ4v) is 5.24. The molecule has 3 aromatic carbocycles. The van der Waals surface area contributed by atoms with Crippen LogP contribution in [0.2, 0.25) is 0 Å². The van der Waals surface area contributed by atoms with Crippen molar-refractivity contribution in [1.82, 2.24) is 0 Å². The molecule has 0 saturated heterocycles. The second-order valence-electron chi connectivity index (χ2n) is 9.33. The van der Waals surface area contributed by atoms with Crippen LogP contribution in [0.3, 0.4) is 0 Å². The first kappa shape index (κ1) is 24.3. The molecule has 0 heterocycles. The molecule has 34 heavy (non-hydrogen) atoms. The van der Waals surface area contributed by atoms with E-state index >= 15 is 0 Å². The summed E-state index contributed by atoms with van der Waals surface area (Å²) >= 11 is 0. The van der Waals surface area contributed by atoms with Gasteiger partial charge in [0, 0.05) is 0 Å². The van der Waals surface area contributed by atoms with E-state index in [0.717, 1.165) is 44.2 Å². The van der Waals surface area contributed by atoms with E-state index in [2.05, 4.69) is 31.2 Å². The summed E-state index contributed by atoms with van der Waals surface area (Å²) in [7, 11) is 0. The number of halogens is 4. The molecule has 180 valence electrons. The SMILES string of the molecule is CCOc1c(F)cc(-c2c(F)cc(C3CCC(CC(C)c4ccccc4)CC3)cc2F)cc1F. The van der Waals surface area contributed by atoms with Crippen LogP contribution in [0.1, 0.15) is 68.9 Å². The highest BCUT2D eigenvalue weighted by atomic mass is 19.1. The van der Waals surface area contributed by atoms with Gasteiger partial charge in [0.05, 0.1) is 12.2 Å². The summed E-state index contributed by atoms with van der Waals surface area (Å²) in [6.45, 7) is 3.93. The second-order valence-corrected chi connectivity index (χ2v) is 9.33. The van der Waals surface area contributed by atoms with Gasteiger partial charge < -0.3 is 4.74 Å². The molecule has 1 aliphatic carbocycles. The van der Waals surface area contributed by atoms with Crippen molar-refractivity contribution in [2.75, 3.05) is 6.61 Å². The molecule has 1 fully saturated rings. The van der Waals surface area contributed by atoms with Crippen LogP contribution in [0.25, 0.3) is 11.1 Å². The quantitative estimate of drug-likeness (QED) is 0.314. The molecule has 1 nitrogen and oxygen atoms in total. The Kier molecular flexibility index (Phi) is 7.60. The smallest absolute Gasteiger partial charge is 0.190 e. The maximum atomic E-state index is 15.0. The minimum atomic E-state index is -0.984. The fourth-order valence-electron chi connectivity index (χ4n) is 5.24. The van der Waals surface area contributed by atoms with Crippen molar-refractivity contribution in [3.63, 3.8) is 0 Å². The Balaban J connectivity index is 1.46. The van der Waals surface area contributed by atoms with Gasteiger partial charge in [0.1, 0.15) is 11.6 Å². The van der Waals surface area contributed by atoms with Crippen molar-refractivity contribution >= 4 is 0 Å². The van der Waals surface area contributed by atoms with Crippen LogP contribution in [0, 0.1) is 29.2 Å². The van der Waals surface area contributed by atoms with Crippen molar-refractivity contribution in [1.29, 1.82) is 0 Å². The zero-order valence-corrected chi connectivity index (χ0v) is 19.6. The standard InChI is InChI=1S/C29H30F4O/c1-3-34-29-26(32)16-23(17-27(29)33)28-24(30)14-22(15-25(28)31)21-11-9-19(10-12-21)13-18(2)20-7-5-4-6-8-20/h4-8,14-19,21H,3,9-13H2,1-2H3. The Labute approximate surface area is 198 Å². The first-order valence-corrected chi connectivity index (χ1v) is 12.0. The summed E-state index contributed by atoms with van der Waals surface area (Å²) in [5, 5.41) is 0. The molecule has 1 atom stereocenters. The third kappa shape index (κ3) is 5.29. The van der Waals surface area contributed by atoms with Gasteiger partial charge in [-0.3, -0.25) is 0 Å². The molecule has 1 saturated carbocycles. The average Bonchev–Trinajstić information content (AvgIpc) is 2.82. The monoisotopic (exact) mass is 470 g/mol. The van der Waals surface area contributed by atoms with E-state index in [9.17, 15) is 17.6 Å². The third-order valence-corrected chi connectivity index (χ3v) is 7.01. The third-order valence-electron chi connectivity index (χ3n) is 7.01. The minimum absolute atomic E-state index is 0.0788. The van der Waals surface area contributed by atoms with Crippen LogP contribution in [0.15, 0.2) is 54.6 Å². The number of benzene rings is 3. The molecule has 3 aromatic rings.